The van der Waals surface area contributed by atoms with Crippen molar-refractivity contribution >= 4 is 16.8 Å². The van der Waals surface area contributed by atoms with Gasteiger partial charge in [0.2, 0.25) is 0 Å². The quantitative estimate of drug-likeness (QED) is 0.671. The van der Waals surface area contributed by atoms with E-state index in [2.05, 4.69) is 54.6 Å². The minimum absolute atomic E-state index is 0.0557. The molecule has 22 heavy (non-hydrogen) atoms. The fourth-order valence-corrected chi connectivity index (χ4v) is 3.46. The molecular formula is C20H18N2. The first-order valence-corrected chi connectivity index (χ1v) is 7.50. The van der Waals surface area contributed by atoms with Crippen LogP contribution in [0.1, 0.15) is 22.6 Å². The average molecular weight is 286 g/mol. The summed E-state index contributed by atoms with van der Waals surface area (Å²) in [5.41, 5.74) is 15.6. The fourth-order valence-electron chi connectivity index (χ4n) is 3.46. The molecule has 2 nitrogen and oxygen atoms in total. The Kier molecular flexibility index (Phi) is 2.89. The van der Waals surface area contributed by atoms with E-state index in [1.54, 1.807) is 0 Å². The number of hydrogen-bond acceptors (Lipinski definition) is 2. The van der Waals surface area contributed by atoms with Crippen LogP contribution in [0.25, 0.3) is 16.8 Å². The summed E-state index contributed by atoms with van der Waals surface area (Å²) in [5.74, 6) is -0.0557. The van der Waals surface area contributed by atoms with Crippen molar-refractivity contribution in [2.75, 3.05) is 0 Å². The van der Waals surface area contributed by atoms with Crippen molar-refractivity contribution in [2.24, 2.45) is 11.5 Å². The molecule has 3 aromatic carbocycles. The molecule has 1 aliphatic carbocycles. The summed E-state index contributed by atoms with van der Waals surface area (Å²) in [6.07, 6.45) is 3.94. The van der Waals surface area contributed by atoms with Gasteiger partial charge in [-0.05, 0) is 33.5 Å². The second-order valence-electron chi connectivity index (χ2n) is 5.96. The third-order valence-corrected chi connectivity index (χ3v) is 4.49. The largest absolute Gasteiger partial charge is 0.309 e. The second kappa shape index (κ2) is 4.80. The van der Waals surface area contributed by atoms with Crippen LogP contribution in [-0.4, -0.2) is 5.66 Å². The topological polar surface area (TPSA) is 52.0 Å². The molecule has 1 atom stereocenters. The minimum atomic E-state index is -0.890. The zero-order valence-electron chi connectivity index (χ0n) is 12.2. The lowest BCUT2D eigenvalue weighted by Crippen LogP contribution is -2.54. The Labute approximate surface area is 130 Å². The minimum Gasteiger partial charge on any atom is -0.309 e. The molecule has 108 valence electrons. The molecule has 0 heterocycles. The van der Waals surface area contributed by atoms with E-state index >= 15 is 0 Å². The Balaban J connectivity index is 2.02. The summed E-state index contributed by atoms with van der Waals surface area (Å²) in [7, 11) is 0. The van der Waals surface area contributed by atoms with E-state index in [4.69, 9.17) is 11.5 Å². The molecular weight excluding hydrogens is 268 g/mol. The van der Waals surface area contributed by atoms with Crippen molar-refractivity contribution in [1.82, 2.24) is 0 Å². The normalized spacial score (nSPS) is 19.1. The van der Waals surface area contributed by atoms with Crippen molar-refractivity contribution in [1.29, 1.82) is 0 Å². The van der Waals surface area contributed by atoms with Gasteiger partial charge in [-0.15, -0.1) is 0 Å². The lowest BCUT2D eigenvalue weighted by atomic mass is 9.74. The van der Waals surface area contributed by atoms with Gasteiger partial charge in [-0.3, -0.25) is 0 Å². The van der Waals surface area contributed by atoms with Gasteiger partial charge in [0.05, 0.1) is 5.66 Å². The first-order valence-electron chi connectivity index (χ1n) is 7.50. The Hall–Kier alpha value is -2.42. The molecule has 0 aromatic heterocycles. The standard InChI is InChI=1S/C20H18N2/c21-20(22)13-12-15-7-2-4-10-17(15)19(20)18-11-5-8-14-6-1-3-9-16(14)18/h1-13,19H,21-22H2. The summed E-state index contributed by atoms with van der Waals surface area (Å²) in [6, 6.07) is 23.0. The van der Waals surface area contributed by atoms with E-state index in [0.717, 1.165) is 0 Å². The number of fused-ring (bicyclic) bond motifs is 2. The van der Waals surface area contributed by atoms with Gasteiger partial charge >= 0.3 is 0 Å². The van der Waals surface area contributed by atoms with E-state index in [1.807, 2.05) is 24.3 Å². The SMILES string of the molecule is NC1(N)C=Cc2ccccc2C1c1cccc2ccccc12. The maximum atomic E-state index is 6.45. The zero-order chi connectivity index (χ0) is 15.2. The fraction of sp³-hybridized carbons (Fsp3) is 0.100. The number of hydrogen-bond donors (Lipinski definition) is 2. The molecule has 1 aliphatic rings. The van der Waals surface area contributed by atoms with Gasteiger partial charge in [0.15, 0.2) is 0 Å². The van der Waals surface area contributed by atoms with Gasteiger partial charge in [0.1, 0.15) is 0 Å². The van der Waals surface area contributed by atoms with Crippen LogP contribution in [0.5, 0.6) is 0 Å². The number of nitrogens with two attached hydrogens (primary N) is 2. The number of benzene rings is 3. The molecule has 2 heteroatoms. The second-order valence-corrected chi connectivity index (χ2v) is 5.96. The summed E-state index contributed by atoms with van der Waals surface area (Å²) in [4.78, 5) is 0. The maximum Gasteiger partial charge on any atom is 0.0944 e. The van der Waals surface area contributed by atoms with E-state index < -0.39 is 5.66 Å². The summed E-state index contributed by atoms with van der Waals surface area (Å²) in [5, 5.41) is 2.42. The third-order valence-electron chi connectivity index (χ3n) is 4.49. The molecule has 4 rings (SSSR count). The molecule has 3 aromatic rings. The predicted molar refractivity (Wildman–Crippen MR) is 92.4 cm³/mol. The van der Waals surface area contributed by atoms with Crippen LogP contribution in [0, 0.1) is 0 Å². The van der Waals surface area contributed by atoms with Crippen molar-refractivity contribution in [3.8, 4) is 0 Å². The molecule has 0 aliphatic heterocycles. The maximum absolute atomic E-state index is 6.45. The Morgan fingerprint density at radius 3 is 2.32 bits per heavy atom. The van der Waals surface area contributed by atoms with Crippen molar-refractivity contribution in [2.45, 2.75) is 11.6 Å². The van der Waals surface area contributed by atoms with Crippen LogP contribution < -0.4 is 11.5 Å². The molecule has 4 N–H and O–H groups in total. The third kappa shape index (κ3) is 1.97. The highest BCUT2D eigenvalue weighted by molar-refractivity contribution is 5.87. The highest BCUT2D eigenvalue weighted by atomic mass is 15.0. The van der Waals surface area contributed by atoms with Crippen molar-refractivity contribution < 1.29 is 0 Å². The van der Waals surface area contributed by atoms with E-state index in [9.17, 15) is 0 Å². The Bertz CT molecular complexity index is 872. The van der Waals surface area contributed by atoms with Crippen LogP contribution in [0.2, 0.25) is 0 Å². The summed E-state index contributed by atoms with van der Waals surface area (Å²) >= 11 is 0. The van der Waals surface area contributed by atoms with Crippen LogP contribution in [0.3, 0.4) is 0 Å². The first kappa shape index (κ1) is 13.3. The molecule has 0 spiro atoms. The molecule has 1 unspecified atom stereocenters. The average Bonchev–Trinajstić information content (AvgIpc) is 2.54. The van der Waals surface area contributed by atoms with Crippen LogP contribution in [0.4, 0.5) is 0 Å². The Morgan fingerprint density at radius 1 is 0.727 bits per heavy atom. The predicted octanol–water partition coefficient (Wildman–Crippen LogP) is 3.61. The highest BCUT2D eigenvalue weighted by Crippen LogP contribution is 2.40. The first-order chi connectivity index (χ1) is 10.7. The van der Waals surface area contributed by atoms with Crippen molar-refractivity contribution in [3.05, 3.63) is 89.5 Å². The number of rotatable bonds is 1. The Morgan fingerprint density at radius 2 is 1.41 bits per heavy atom. The van der Waals surface area contributed by atoms with Crippen molar-refractivity contribution in [3.63, 3.8) is 0 Å². The van der Waals surface area contributed by atoms with Crippen LogP contribution in [-0.2, 0) is 0 Å². The summed E-state index contributed by atoms with van der Waals surface area (Å²) in [6.45, 7) is 0. The molecule has 0 radical (unpaired) electrons. The lowest BCUT2D eigenvalue weighted by molar-refractivity contribution is 0.485. The molecule has 0 amide bonds. The van der Waals surface area contributed by atoms with Gasteiger partial charge in [0, 0.05) is 5.92 Å². The molecule has 0 fully saturated rings. The molecule has 0 saturated carbocycles. The monoisotopic (exact) mass is 286 g/mol. The molecule has 0 saturated heterocycles. The van der Waals surface area contributed by atoms with Gasteiger partial charge in [-0.25, -0.2) is 0 Å². The van der Waals surface area contributed by atoms with E-state index in [0.29, 0.717) is 0 Å². The smallest absolute Gasteiger partial charge is 0.0944 e. The summed E-state index contributed by atoms with van der Waals surface area (Å²) < 4.78 is 0. The van der Waals surface area contributed by atoms with Gasteiger partial charge in [-0.1, -0.05) is 72.8 Å². The van der Waals surface area contributed by atoms with Gasteiger partial charge in [-0.2, -0.15) is 0 Å². The zero-order valence-corrected chi connectivity index (χ0v) is 12.2. The molecule has 0 bridgehead atoms. The highest BCUT2D eigenvalue weighted by Gasteiger charge is 2.35. The van der Waals surface area contributed by atoms with E-state index in [1.165, 1.54) is 27.5 Å². The van der Waals surface area contributed by atoms with Gasteiger partial charge < -0.3 is 11.5 Å². The lowest BCUT2D eigenvalue weighted by Gasteiger charge is -2.36. The van der Waals surface area contributed by atoms with Crippen LogP contribution >= 0.6 is 0 Å². The van der Waals surface area contributed by atoms with Gasteiger partial charge in [0.25, 0.3) is 0 Å². The van der Waals surface area contributed by atoms with E-state index in [-0.39, 0.29) is 5.92 Å². The van der Waals surface area contributed by atoms with Crippen LogP contribution in [0.15, 0.2) is 72.8 Å².